The zero-order chi connectivity index (χ0) is 19.6. The van der Waals surface area contributed by atoms with Gasteiger partial charge in [0.05, 0.1) is 0 Å². The fourth-order valence-corrected chi connectivity index (χ4v) is 3.55. The van der Waals surface area contributed by atoms with Crippen molar-refractivity contribution in [2.75, 3.05) is 0 Å². The van der Waals surface area contributed by atoms with Crippen LogP contribution in [0.5, 0.6) is 0 Å². The quantitative estimate of drug-likeness (QED) is 0.317. The highest BCUT2D eigenvalue weighted by atomic mass is 16.3. The van der Waals surface area contributed by atoms with Crippen molar-refractivity contribution in [2.45, 2.75) is 0 Å². The zero-order valence-electron chi connectivity index (χ0n) is 15.7. The SMILES string of the molecule is O=C(c1ccc(-c2ccccc2)cc1)c1cc2cc(-c3ccccc3)ccc2o1. The van der Waals surface area contributed by atoms with Gasteiger partial charge in [0.1, 0.15) is 5.58 Å². The molecule has 0 aliphatic rings. The van der Waals surface area contributed by atoms with Crippen LogP contribution in [0, 0.1) is 0 Å². The number of benzene rings is 4. The molecule has 4 aromatic carbocycles. The second kappa shape index (κ2) is 7.25. The number of rotatable bonds is 4. The van der Waals surface area contributed by atoms with Crippen LogP contribution in [0.3, 0.4) is 0 Å². The molecule has 0 saturated carbocycles. The largest absolute Gasteiger partial charge is 0.453 e. The van der Waals surface area contributed by atoms with E-state index in [1.54, 1.807) is 0 Å². The van der Waals surface area contributed by atoms with Crippen LogP contribution >= 0.6 is 0 Å². The standard InChI is InChI=1S/C27H18O2/c28-27(22-13-11-21(12-14-22)19-7-3-1-4-8-19)26-18-24-17-23(15-16-25(24)29-26)20-9-5-2-6-10-20/h1-18H. The Balaban J connectivity index is 1.45. The van der Waals surface area contributed by atoms with Crippen molar-refractivity contribution in [3.05, 3.63) is 121 Å². The van der Waals surface area contributed by atoms with Crippen molar-refractivity contribution < 1.29 is 9.21 Å². The second-order valence-corrected chi connectivity index (χ2v) is 7.00. The molecule has 0 unspecified atom stereocenters. The lowest BCUT2D eigenvalue weighted by atomic mass is 10.0. The Morgan fingerprint density at radius 3 is 1.76 bits per heavy atom. The van der Waals surface area contributed by atoms with Crippen LogP contribution in [0.4, 0.5) is 0 Å². The van der Waals surface area contributed by atoms with Crippen molar-refractivity contribution in [3.63, 3.8) is 0 Å². The molecule has 0 amide bonds. The lowest BCUT2D eigenvalue weighted by molar-refractivity contribution is 0.101. The van der Waals surface area contributed by atoms with E-state index in [2.05, 4.69) is 30.3 Å². The maximum atomic E-state index is 12.9. The highest BCUT2D eigenvalue weighted by molar-refractivity contribution is 6.09. The monoisotopic (exact) mass is 374 g/mol. The Labute approximate surface area is 169 Å². The molecular weight excluding hydrogens is 356 g/mol. The minimum Gasteiger partial charge on any atom is -0.453 e. The predicted octanol–water partition coefficient (Wildman–Crippen LogP) is 7.00. The van der Waals surface area contributed by atoms with Gasteiger partial charge in [0.25, 0.3) is 0 Å². The summed E-state index contributed by atoms with van der Waals surface area (Å²) >= 11 is 0. The van der Waals surface area contributed by atoms with Gasteiger partial charge < -0.3 is 4.42 Å². The Hall–Kier alpha value is -3.91. The van der Waals surface area contributed by atoms with Crippen molar-refractivity contribution in [1.82, 2.24) is 0 Å². The summed E-state index contributed by atoms with van der Waals surface area (Å²) < 4.78 is 5.84. The van der Waals surface area contributed by atoms with Gasteiger partial charge in [-0.15, -0.1) is 0 Å². The van der Waals surface area contributed by atoms with Gasteiger partial charge in [0, 0.05) is 10.9 Å². The van der Waals surface area contributed by atoms with Crippen molar-refractivity contribution in [1.29, 1.82) is 0 Å². The summed E-state index contributed by atoms with van der Waals surface area (Å²) in [7, 11) is 0. The molecule has 0 aliphatic heterocycles. The van der Waals surface area contributed by atoms with E-state index in [0.29, 0.717) is 16.9 Å². The molecule has 0 saturated heterocycles. The minimum absolute atomic E-state index is 0.109. The summed E-state index contributed by atoms with van der Waals surface area (Å²) in [5.74, 6) is 0.250. The van der Waals surface area contributed by atoms with E-state index >= 15 is 0 Å². The van der Waals surface area contributed by atoms with Crippen molar-refractivity contribution in [2.24, 2.45) is 0 Å². The minimum atomic E-state index is -0.109. The van der Waals surface area contributed by atoms with Gasteiger partial charge >= 0.3 is 0 Å². The molecule has 5 aromatic rings. The molecule has 0 bridgehead atoms. The maximum Gasteiger partial charge on any atom is 0.228 e. The van der Waals surface area contributed by atoms with Crippen LogP contribution in [0.1, 0.15) is 16.1 Å². The van der Waals surface area contributed by atoms with E-state index in [1.165, 1.54) is 0 Å². The number of carbonyl (C=O) groups excluding carboxylic acids is 1. The van der Waals surface area contributed by atoms with Crippen LogP contribution in [0.25, 0.3) is 33.2 Å². The Morgan fingerprint density at radius 1 is 0.552 bits per heavy atom. The summed E-state index contributed by atoms with van der Waals surface area (Å²) in [6.07, 6.45) is 0. The van der Waals surface area contributed by atoms with E-state index in [4.69, 9.17) is 4.42 Å². The molecule has 0 atom stereocenters. The molecule has 0 spiro atoms. The first kappa shape index (κ1) is 17.2. The third-order valence-electron chi connectivity index (χ3n) is 5.10. The van der Waals surface area contributed by atoms with E-state index in [0.717, 1.165) is 27.6 Å². The molecule has 29 heavy (non-hydrogen) atoms. The molecule has 0 radical (unpaired) electrons. The van der Waals surface area contributed by atoms with E-state index in [-0.39, 0.29) is 5.78 Å². The van der Waals surface area contributed by atoms with Gasteiger partial charge in [0.15, 0.2) is 5.76 Å². The van der Waals surface area contributed by atoms with Crippen LogP contribution in [-0.2, 0) is 0 Å². The van der Waals surface area contributed by atoms with Gasteiger partial charge in [-0.2, -0.15) is 0 Å². The molecule has 5 rings (SSSR count). The Kier molecular flexibility index (Phi) is 4.30. The van der Waals surface area contributed by atoms with Gasteiger partial charge in [0.2, 0.25) is 5.78 Å². The Morgan fingerprint density at radius 2 is 1.10 bits per heavy atom. The molecule has 0 fully saturated rings. The summed E-state index contributed by atoms with van der Waals surface area (Å²) in [6, 6.07) is 35.8. The van der Waals surface area contributed by atoms with Crippen molar-refractivity contribution >= 4 is 16.8 Å². The fraction of sp³-hybridized carbons (Fsp3) is 0. The summed E-state index contributed by atoms with van der Waals surface area (Å²) in [4.78, 5) is 12.9. The molecule has 1 aromatic heterocycles. The normalized spacial score (nSPS) is 10.9. The number of ketones is 1. The average Bonchev–Trinajstić information content (AvgIpc) is 3.23. The number of fused-ring (bicyclic) bond motifs is 1. The lowest BCUT2D eigenvalue weighted by Gasteiger charge is -2.03. The van der Waals surface area contributed by atoms with Crippen LogP contribution in [0.15, 0.2) is 114 Å². The third kappa shape index (κ3) is 3.37. The highest BCUT2D eigenvalue weighted by Gasteiger charge is 2.15. The van der Waals surface area contributed by atoms with E-state index in [1.807, 2.05) is 78.9 Å². The fourth-order valence-electron chi connectivity index (χ4n) is 3.55. The molecule has 0 N–H and O–H groups in total. The molecule has 138 valence electrons. The highest BCUT2D eigenvalue weighted by Crippen LogP contribution is 2.28. The number of hydrogen-bond donors (Lipinski definition) is 0. The van der Waals surface area contributed by atoms with Crippen LogP contribution < -0.4 is 0 Å². The van der Waals surface area contributed by atoms with E-state index < -0.39 is 0 Å². The van der Waals surface area contributed by atoms with E-state index in [9.17, 15) is 4.79 Å². The van der Waals surface area contributed by atoms with Crippen LogP contribution in [0.2, 0.25) is 0 Å². The number of carbonyl (C=O) groups is 1. The first-order valence-electron chi connectivity index (χ1n) is 9.57. The van der Waals surface area contributed by atoms with Gasteiger partial charge in [-0.05, 0) is 40.5 Å². The Bertz CT molecular complexity index is 1280. The zero-order valence-corrected chi connectivity index (χ0v) is 15.7. The number of hydrogen-bond acceptors (Lipinski definition) is 2. The first-order chi connectivity index (χ1) is 14.3. The molecule has 2 heteroatoms. The second-order valence-electron chi connectivity index (χ2n) is 7.00. The van der Waals surface area contributed by atoms with Gasteiger partial charge in [-0.25, -0.2) is 0 Å². The third-order valence-corrected chi connectivity index (χ3v) is 5.10. The van der Waals surface area contributed by atoms with Gasteiger partial charge in [-0.3, -0.25) is 4.79 Å². The molecule has 1 heterocycles. The first-order valence-corrected chi connectivity index (χ1v) is 9.57. The summed E-state index contributed by atoms with van der Waals surface area (Å²) in [5.41, 5.74) is 5.79. The maximum absolute atomic E-state index is 12.9. The number of furan rings is 1. The van der Waals surface area contributed by atoms with Crippen LogP contribution in [-0.4, -0.2) is 5.78 Å². The topological polar surface area (TPSA) is 30.2 Å². The predicted molar refractivity (Wildman–Crippen MR) is 117 cm³/mol. The van der Waals surface area contributed by atoms with Gasteiger partial charge in [-0.1, -0.05) is 91.0 Å². The average molecular weight is 374 g/mol. The summed E-state index contributed by atoms with van der Waals surface area (Å²) in [6.45, 7) is 0. The van der Waals surface area contributed by atoms with Crippen molar-refractivity contribution in [3.8, 4) is 22.3 Å². The smallest absolute Gasteiger partial charge is 0.228 e. The summed E-state index contributed by atoms with van der Waals surface area (Å²) in [5, 5.41) is 0.926. The molecule has 0 aliphatic carbocycles. The molecule has 2 nitrogen and oxygen atoms in total. The molecular formula is C27H18O2. The lowest BCUT2D eigenvalue weighted by Crippen LogP contribution is -1.99.